The molecule has 0 aliphatic carbocycles. The minimum Gasteiger partial charge on any atom is -0.493 e. The van der Waals surface area contributed by atoms with Crippen LogP contribution < -0.4 is 19.1 Å². The zero-order chi connectivity index (χ0) is 22.8. The van der Waals surface area contributed by atoms with E-state index in [1.165, 1.54) is 44.6 Å². The van der Waals surface area contributed by atoms with E-state index in [2.05, 4.69) is 11.9 Å². The Morgan fingerprint density at radius 2 is 1.77 bits per heavy atom. The average molecular weight is 447 g/mol. The first-order valence-electron chi connectivity index (χ1n) is 9.38. The fourth-order valence-corrected chi connectivity index (χ4v) is 5.13. The van der Waals surface area contributed by atoms with Gasteiger partial charge in [0.1, 0.15) is 5.82 Å². The lowest BCUT2D eigenvalue weighted by Gasteiger charge is -2.32. The monoisotopic (exact) mass is 446 g/mol. The number of nitrogens with zero attached hydrogens (tertiary/aromatic N) is 1. The number of rotatable bonds is 7. The van der Waals surface area contributed by atoms with Crippen LogP contribution in [0.25, 0.3) is 5.57 Å². The topological polar surface area (TPSA) is 84.9 Å². The molecule has 1 aliphatic heterocycles. The summed E-state index contributed by atoms with van der Waals surface area (Å²) in [5.74, 6) is -0.382. The summed E-state index contributed by atoms with van der Waals surface area (Å²) in [5.41, 5.74) is 1.82. The van der Waals surface area contributed by atoms with Gasteiger partial charge in [0.25, 0.3) is 15.9 Å². The molecule has 1 aliphatic rings. The highest BCUT2D eigenvalue weighted by atomic mass is 32.2. The van der Waals surface area contributed by atoms with Crippen molar-refractivity contribution in [1.82, 2.24) is 5.32 Å². The van der Waals surface area contributed by atoms with Crippen LogP contribution in [0.4, 0.5) is 10.1 Å². The Balaban J connectivity index is 2.08. The standard InChI is InChI=1S/C22H23FN2O5S/c1-5-10-25-18-12-20(30-4)19(29-3)11-17(18)14(2)21(31(25,27)28)22(26)24-13-15-6-8-16(23)9-7-15/h5-9,11-12H,1,10,13H2,2-4H3,(H,24,26). The third kappa shape index (κ3) is 4.13. The number of halogens is 1. The smallest absolute Gasteiger partial charge is 0.270 e. The Morgan fingerprint density at radius 1 is 1.16 bits per heavy atom. The summed E-state index contributed by atoms with van der Waals surface area (Å²) < 4.78 is 51.6. The third-order valence-corrected chi connectivity index (χ3v) is 6.86. The molecular formula is C22H23FN2O5S. The van der Waals surface area contributed by atoms with Gasteiger partial charge >= 0.3 is 0 Å². The lowest BCUT2D eigenvalue weighted by Crippen LogP contribution is -2.41. The Kier molecular flexibility index (Phi) is 6.35. The second-order valence-corrected chi connectivity index (χ2v) is 8.61. The van der Waals surface area contributed by atoms with Crippen LogP contribution in [0, 0.1) is 5.82 Å². The van der Waals surface area contributed by atoms with Crippen LogP contribution in [0.1, 0.15) is 18.1 Å². The maximum atomic E-state index is 13.4. The van der Waals surface area contributed by atoms with Crippen LogP contribution in [-0.4, -0.2) is 35.1 Å². The van der Waals surface area contributed by atoms with E-state index < -0.39 is 21.7 Å². The normalized spacial score (nSPS) is 14.6. The molecule has 0 saturated carbocycles. The van der Waals surface area contributed by atoms with E-state index in [1.807, 2.05) is 0 Å². The third-order valence-electron chi connectivity index (χ3n) is 4.93. The first kappa shape index (κ1) is 22.4. The molecule has 1 heterocycles. The molecule has 0 radical (unpaired) electrons. The number of carbonyl (C=O) groups is 1. The molecule has 9 heteroatoms. The minimum atomic E-state index is -4.17. The molecule has 0 aromatic heterocycles. The van der Waals surface area contributed by atoms with Gasteiger partial charge in [-0.3, -0.25) is 9.10 Å². The van der Waals surface area contributed by atoms with Gasteiger partial charge in [-0.1, -0.05) is 18.2 Å². The summed E-state index contributed by atoms with van der Waals surface area (Å²) in [5, 5.41) is 2.61. The number of ether oxygens (including phenoxy) is 2. The number of benzene rings is 2. The van der Waals surface area contributed by atoms with Crippen molar-refractivity contribution in [1.29, 1.82) is 0 Å². The maximum absolute atomic E-state index is 13.4. The van der Waals surface area contributed by atoms with Gasteiger partial charge in [0, 0.05) is 18.2 Å². The molecule has 31 heavy (non-hydrogen) atoms. The second kappa shape index (κ2) is 8.81. The Labute approximate surface area is 180 Å². The highest BCUT2D eigenvalue weighted by molar-refractivity contribution is 7.97. The summed E-state index contributed by atoms with van der Waals surface area (Å²) in [6.07, 6.45) is 1.44. The van der Waals surface area contributed by atoms with Crippen molar-refractivity contribution in [2.45, 2.75) is 13.5 Å². The SMILES string of the molecule is C=CCN1c2cc(OC)c(OC)cc2C(C)=C(C(=O)NCc2ccc(F)cc2)S1(=O)=O. The summed E-state index contributed by atoms with van der Waals surface area (Å²) >= 11 is 0. The van der Waals surface area contributed by atoms with Gasteiger partial charge in [0.15, 0.2) is 16.4 Å². The fourth-order valence-electron chi connectivity index (χ4n) is 3.40. The number of fused-ring (bicyclic) bond motifs is 1. The quantitative estimate of drug-likeness (QED) is 0.660. The molecule has 0 fully saturated rings. The number of hydrogen-bond acceptors (Lipinski definition) is 5. The minimum absolute atomic E-state index is 0.0349. The van der Waals surface area contributed by atoms with E-state index in [4.69, 9.17) is 9.47 Å². The molecule has 3 rings (SSSR count). The highest BCUT2D eigenvalue weighted by Crippen LogP contribution is 2.44. The van der Waals surface area contributed by atoms with E-state index in [1.54, 1.807) is 19.1 Å². The zero-order valence-corrected chi connectivity index (χ0v) is 18.3. The molecule has 7 nitrogen and oxygen atoms in total. The molecule has 0 spiro atoms. The number of carbonyl (C=O) groups excluding carboxylic acids is 1. The van der Waals surface area contributed by atoms with Crippen LogP contribution in [0.5, 0.6) is 11.5 Å². The van der Waals surface area contributed by atoms with Crippen molar-refractivity contribution in [3.8, 4) is 11.5 Å². The number of hydrogen-bond donors (Lipinski definition) is 1. The van der Waals surface area contributed by atoms with Crippen molar-refractivity contribution in [3.05, 3.63) is 70.9 Å². The summed E-state index contributed by atoms with van der Waals surface area (Å²) in [6, 6.07) is 8.77. The number of anilines is 1. The molecule has 164 valence electrons. The fraction of sp³-hybridized carbons (Fsp3) is 0.227. The summed E-state index contributed by atoms with van der Waals surface area (Å²) in [7, 11) is -1.24. The summed E-state index contributed by atoms with van der Waals surface area (Å²) in [4.78, 5) is 12.6. The Bertz CT molecular complexity index is 1160. The van der Waals surface area contributed by atoms with Crippen molar-refractivity contribution in [2.24, 2.45) is 0 Å². The van der Waals surface area contributed by atoms with Gasteiger partial charge in [-0.05, 0) is 36.3 Å². The van der Waals surface area contributed by atoms with Crippen molar-refractivity contribution in [3.63, 3.8) is 0 Å². The average Bonchev–Trinajstić information content (AvgIpc) is 2.75. The largest absolute Gasteiger partial charge is 0.493 e. The number of nitrogens with one attached hydrogen (secondary N) is 1. The summed E-state index contributed by atoms with van der Waals surface area (Å²) in [6.45, 7) is 5.21. The Morgan fingerprint density at radius 3 is 2.35 bits per heavy atom. The molecule has 0 unspecified atom stereocenters. The molecule has 1 N–H and O–H groups in total. The van der Waals surface area contributed by atoms with E-state index in [0.29, 0.717) is 28.3 Å². The number of methoxy groups -OCH3 is 2. The molecule has 0 saturated heterocycles. The van der Waals surface area contributed by atoms with Crippen molar-refractivity contribution >= 4 is 27.2 Å². The van der Waals surface area contributed by atoms with Crippen LogP contribution in [0.2, 0.25) is 0 Å². The van der Waals surface area contributed by atoms with Crippen molar-refractivity contribution < 1.29 is 27.1 Å². The van der Waals surface area contributed by atoms with E-state index >= 15 is 0 Å². The second-order valence-electron chi connectivity index (χ2n) is 6.81. The predicted octanol–water partition coefficient (Wildman–Crippen LogP) is 3.23. The van der Waals surface area contributed by atoms with Gasteiger partial charge in [-0.2, -0.15) is 0 Å². The van der Waals surface area contributed by atoms with E-state index in [-0.39, 0.29) is 23.6 Å². The number of sulfonamides is 1. The van der Waals surface area contributed by atoms with Crippen LogP contribution in [0.15, 0.2) is 54.0 Å². The van der Waals surface area contributed by atoms with Gasteiger partial charge in [-0.15, -0.1) is 6.58 Å². The zero-order valence-electron chi connectivity index (χ0n) is 17.4. The van der Waals surface area contributed by atoms with Crippen LogP contribution in [0.3, 0.4) is 0 Å². The van der Waals surface area contributed by atoms with Gasteiger partial charge < -0.3 is 14.8 Å². The predicted molar refractivity (Wildman–Crippen MR) is 117 cm³/mol. The molecule has 1 amide bonds. The molecule has 0 bridgehead atoms. The lowest BCUT2D eigenvalue weighted by atomic mass is 10.0. The van der Waals surface area contributed by atoms with Gasteiger partial charge in [0.2, 0.25) is 0 Å². The first-order chi connectivity index (χ1) is 14.7. The number of allylic oxidation sites excluding steroid dienone is 1. The molecule has 2 aromatic rings. The first-order valence-corrected chi connectivity index (χ1v) is 10.8. The van der Waals surface area contributed by atoms with Gasteiger partial charge in [-0.25, -0.2) is 12.8 Å². The lowest BCUT2D eigenvalue weighted by molar-refractivity contribution is -0.117. The highest BCUT2D eigenvalue weighted by Gasteiger charge is 2.39. The molecule has 0 atom stereocenters. The van der Waals surface area contributed by atoms with Crippen LogP contribution >= 0.6 is 0 Å². The van der Waals surface area contributed by atoms with Gasteiger partial charge in [0.05, 0.1) is 26.5 Å². The van der Waals surface area contributed by atoms with E-state index in [9.17, 15) is 17.6 Å². The molecule has 2 aromatic carbocycles. The van der Waals surface area contributed by atoms with E-state index in [0.717, 1.165) is 4.31 Å². The molecular weight excluding hydrogens is 423 g/mol. The maximum Gasteiger partial charge on any atom is 0.270 e. The van der Waals surface area contributed by atoms with Crippen LogP contribution in [-0.2, 0) is 21.4 Å². The van der Waals surface area contributed by atoms with Crippen molar-refractivity contribution in [2.75, 3.05) is 25.1 Å². The Hall–Kier alpha value is -3.33. The number of amides is 1.